The molecule has 116 valence electrons. The Labute approximate surface area is 132 Å². The highest BCUT2D eigenvalue weighted by molar-refractivity contribution is 6.76. The fraction of sp³-hybridized carbons (Fsp3) is 0.444. The lowest BCUT2D eigenvalue weighted by Gasteiger charge is -2.31. The number of fused-ring (bicyclic) bond motifs is 1. The smallest absolute Gasteiger partial charge is 0.318 e. The third-order valence-corrected chi connectivity index (χ3v) is 5.95. The van der Waals surface area contributed by atoms with Crippen molar-refractivity contribution in [1.29, 1.82) is 0 Å². The van der Waals surface area contributed by atoms with E-state index >= 15 is 0 Å². The lowest BCUT2D eigenvalue weighted by atomic mass is 9.72. The van der Waals surface area contributed by atoms with E-state index in [1.54, 1.807) is 0 Å². The summed E-state index contributed by atoms with van der Waals surface area (Å²) in [7, 11) is -1.26. The van der Waals surface area contributed by atoms with Crippen molar-refractivity contribution >= 4 is 20.0 Å². The summed E-state index contributed by atoms with van der Waals surface area (Å²) in [6, 6.07) is 11.1. The number of carbonyl (C=O) groups excluding carboxylic acids is 2. The monoisotopic (exact) mass is 314 g/mol. The Kier molecular flexibility index (Phi) is 3.81. The van der Waals surface area contributed by atoms with Crippen LogP contribution in [0.4, 0.5) is 0 Å². The van der Waals surface area contributed by atoms with Crippen LogP contribution in [0, 0.1) is 11.8 Å². The minimum Gasteiger partial charge on any atom is -0.393 e. The van der Waals surface area contributed by atoms with Gasteiger partial charge in [0, 0.05) is 14.0 Å². The van der Waals surface area contributed by atoms with E-state index in [9.17, 15) is 9.59 Å². The fourth-order valence-electron chi connectivity index (χ4n) is 3.66. The average molecular weight is 314 g/mol. The Morgan fingerprint density at radius 3 is 2.41 bits per heavy atom. The van der Waals surface area contributed by atoms with Gasteiger partial charge >= 0.3 is 11.9 Å². The highest BCUT2D eigenvalue weighted by Gasteiger charge is 2.50. The van der Waals surface area contributed by atoms with Crippen LogP contribution in [-0.4, -0.2) is 20.0 Å². The van der Waals surface area contributed by atoms with Crippen molar-refractivity contribution in [2.75, 3.05) is 0 Å². The number of carbonyl (C=O) groups is 2. The lowest BCUT2D eigenvalue weighted by Crippen LogP contribution is -2.30. The maximum Gasteiger partial charge on any atom is 0.318 e. The second kappa shape index (κ2) is 5.50. The van der Waals surface area contributed by atoms with Crippen LogP contribution in [0.5, 0.6) is 0 Å². The van der Waals surface area contributed by atoms with E-state index < -0.39 is 8.07 Å². The second-order valence-electron chi connectivity index (χ2n) is 7.58. The van der Waals surface area contributed by atoms with Crippen LogP contribution in [0.25, 0.3) is 0 Å². The van der Waals surface area contributed by atoms with Gasteiger partial charge in [-0.2, -0.15) is 0 Å². The molecule has 4 heteroatoms. The number of benzene rings is 1. The summed E-state index contributed by atoms with van der Waals surface area (Å²) < 4.78 is 4.94. The third-order valence-electron chi connectivity index (χ3n) is 4.44. The summed E-state index contributed by atoms with van der Waals surface area (Å²) in [5, 5.41) is 0. The molecule has 1 saturated heterocycles. The topological polar surface area (TPSA) is 43.4 Å². The minimum atomic E-state index is -1.26. The van der Waals surface area contributed by atoms with Crippen LogP contribution >= 0.6 is 0 Å². The molecule has 1 aliphatic carbocycles. The van der Waals surface area contributed by atoms with Crippen molar-refractivity contribution in [2.24, 2.45) is 11.8 Å². The van der Waals surface area contributed by atoms with Gasteiger partial charge in [-0.1, -0.05) is 61.6 Å². The Morgan fingerprint density at radius 2 is 1.77 bits per heavy atom. The maximum absolute atomic E-state index is 12.1. The standard InChI is InChI=1S/C18H22O3Si/c1-22(2,3)11-12-9-14(13-7-5-4-6-8-13)16-15(10-12)17(19)21-18(16)20/h4-9,14-16H,10-11H2,1-3H3/t14-,15-,16+/m0/s1. The predicted molar refractivity (Wildman–Crippen MR) is 88.1 cm³/mol. The van der Waals surface area contributed by atoms with Gasteiger partial charge < -0.3 is 4.74 Å². The van der Waals surface area contributed by atoms with Crippen LogP contribution < -0.4 is 0 Å². The minimum absolute atomic E-state index is 0.0368. The highest BCUT2D eigenvalue weighted by Crippen LogP contribution is 2.46. The number of hydrogen-bond acceptors (Lipinski definition) is 3. The first-order valence-electron chi connectivity index (χ1n) is 7.85. The largest absolute Gasteiger partial charge is 0.393 e. The third kappa shape index (κ3) is 2.93. The van der Waals surface area contributed by atoms with Crippen LogP contribution in [0.2, 0.25) is 25.7 Å². The molecule has 0 saturated carbocycles. The maximum atomic E-state index is 12.1. The molecule has 0 spiro atoms. The van der Waals surface area contributed by atoms with E-state index in [0.717, 1.165) is 11.6 Å². The molecule has 0 unspecified atom stereocenters. The summed E-state index contributed by atoms with van der Waals surface area (Å²) in [4.78, 5) is 24.2. The number of ether oxygens (including phenoxy) is 1. The number of esters is 2. The van der Waals surface area contributed by atoms with Gasteiger partial charge in [-0.05, 0) is 18.0 Å². The molecule has 1 aliphatic heterocycles. The molecule has 0 radical (unpaired) electrons. The van der Waals surface area contributed by atoms with Gasteiger partial charge in [-0.25, -0.2) is 0 Å². The molecule has 1 aromatic rings. The molecule has 1 fully saturated rings. The van der Waals surface area contributed by atoms with E-state index in [1.165, 1.54) is 5.57 Å². The van der Waals surface area contributed by atoms with Gasteiger partial charge in [0.2, 0.25) is 0 Å². The van der Waals surface area contributed by atoms with Crippen molar-refractivity contribution in [3.8, 4) is 0 Å². The van der Waals surface area contributed by atoms with Crippen molar-refractivity contribution < 1.29 is 14.3 Å². The molecule has 3 nitrogen and oxygen atoms in total. The normalized spacial score (nSPS) is 28.1. The molecule has 0 N–H and O–H groups in total. The molecule has 0 aromatic heterocycles. The van der Waals surface area contributed by atoms with E-state index in [-0.39, 0.29) is 29.7 Å². The first kappa shape index (κ1) is 15.2. The molecule has 3 atom stereocenters. The predicted octanol–water partition coefficient (Wildman–Crippen LogP) is 3.75. The zero-order valence-corrected chi connectivity index (χ0v) is 14.3. The molecule has 2 aliphatic rings. The Bertz CT molecular complexity index is 627. The Morgan fingerprint density at radius 1 is 1.09 bits per heavy atom. The van der Waals surface area contributed by atoms with Crippen LogP contribution in [-0.2, 0) is 14.3 Å². The lowest BCUT2D eigenvalue weighted by molar-refractivity contribution is -0.153. The first-order chi connectivity index (χ1) is 10.3. The molecule has 0 amide bonds. The highest BCUT2D eigenvalue weighted by atomic mass is 28.3. The van der Waals surface area contributed by atoms with Crippen LogP contribution in [0.3, 0.4) is 0 Å². The van der Waals surface area contributed by atoms with Crippen LogP contribution in [0.1, 0.15) is 17.9 Å². The zero-order chi connectivity index (χ0) is 15.9. The number of hydrogen-bond donors (Lipinski definition) is 0. The van der Waals surface area contributed by atoms with Gasteiger partial charge in [-0.15, -0.1) is 0 Å². The van der Waals surface area contributed by atoms with Crippen molar-refractivity contribution in [3.63, 3.8) is 0 Å². The SMILES string of the molecule is C[Si](C)(C)CC1=C[C@@H](c2ccccc2)[C@H]2C(=O)OC(=O)[C@H]2C1. The van der Waals surface area contributed by atoms with E-state index in [2.05, 4.69) is 25.7 Å². The van der Waals surface area contributed by atoms with Gasteiger partial charge in [0.25, 0.3) is 0 Å². The van der Waals surface area contributed by atoms with Crippen molar-refractivity contribution in [3.05, 3.63) is 47.5 Å². The molecule has 0 bridgehead atoms. The molecular weight excluding hydrogens is 292 g/mol. The summed E-state index contributed by atoms with van der Waals surface area (Å²) in [6.45, 7) is 6.99. The van der Waals surface area contributed by atoms with Crippen molar-refractivity contribution in [1.82, 2.24) is 0 Å². The van der Waals surface area contributed by atoms with Gasteiger partial charge in [0.15, 0.2) is 0 Å². The molecule has 22 heavy (non-hydrogen) atoms. The molecule has 1 aromatic carbocycles. The molecular formula is C18H22O3Si. The molecule has 3 rings (SSSR count). The summed E-state index contributed by atoms with van der Waals surface area (Å²) in [5.74, 6) is -1.37. The van der Waals surface area contributed by atoms with E-state index in [0.29, 0.717) is 6.42 Å². The number of rotatable bonds is 3. The van der Waals surface area contributed by atoms with Crippen LogP contribution in [0.15, 0.2) is 42.0 Å². The molecule has 1 heterocycles. The summed E-state index contributed by atoms with van der Waals surface area (Å²) >= 11 is 0. The number of allylic oxidation sites excluding steroid dienone is 2. The summed E-state index contributed by atoms with van der Waals surface area (Å²) in [6.07, 6.45) is 2.91. The number of cyclic esters (lactones) is 2. The Hall–Kier alpha value is -1.68. The average Bonchev–Trinajstić information content (AvgIpc) is 2.72. The Balaban J connectivity index is 2.00. The zero-order valence-electron chi connectivity index (χ0n) is 13.3. The summed E-state index contributed by atoms with van der Waals surface area (Å²) in [5.41, 5.74) is 2.41. The fourth-order valence-corrected chi connectivity index (χ4v) is 5.28. The van der Waals surface area contributed by atoms with Gasteiger partial charge in [0.05, 0.1) is 11.8 Å². The van der Waals surface area contributed by atoms with Gasteiger partial charge in [0.1, 0.15) is 0 Å². The van der Waals surface area contributed by atoms with Gasteiger partial charge in [-0.3, -0.25) is 9.59 Å². The van der Waals surface area contributed by atoms with E-state index in [1.807, 2.05) is 30.3 Å². The first-order valence-corrected chi connectivity index (χ1v) is 11.6. The second-order valence-corrected chi connectivity index (χ2v) is 13.1. The van der Waals surface area contributed by atoms with Crippen molar-refractivity contribution in [2.45, 2.75) is 38.0 Å². The van der Waals surface area contributed by atoms with E-state index in [4.69, 9.17) is 4.74 Å². The quantitative estimate of drug-likeness (QED) is 0.369.